The summed E-state index contributed by atoms with van der Waals surface area (Å²) in [6.07, 6.45) is 3.63. The molecule has 4 atom stereocenters. The van der Waals surface area contributed by atoms with Crippen LogP contribution in [-0.4, -0.2) is 59.9 Å². The number of pyridine rings is 1. The molecule has 1 aromatic heterocycles. The van der Waals surface area contributed by atoms with E-state index < -0.39 is 6.10 Å². The summed E-state index contributed by atoms with van der Waals surface area (Å²) in [5, 5.41) is 10.7. The summed E-state index contributed by atoms with van der Waals surface area (Å²) in [5.41, 5.74) is 1.57. The Balaban J connectivity index is 1.34. The van der Waals surface area contributed by atoms with Gasteiger partial charge >= 0.3 is 5.97 Å². The normalized spacial score (nSPS) is 26.7. The van der Waals surface area contributed by atoms with Gasteiger partial charge in [-0.2, -0.15) is 0 Å². The average molecular weight is 396 g/mol. The van der Waals surface area contributed by atoms with Crippen molar-refractivity contribution in [1.29, 1.82) is 0 Å². The van der Waals surface area contributed by atoms with Gasteiger partial charge in [0.25, 0.3) is 0 Å². The van der Waals surface area contributed by atoms with Crippen molar-refractivity contribution in [1.82, 2.24) is 9.88 Å². The van der Waals surface area contributed by atoms with Crippen molar-refractivity contribution in [2.45, 2.75) is 31.5 Å². The first-order chi connectivity index (χ1) is 14.1. The van der Waals surface area contributed by atoms with E-state index in [9.17, 15) is 9.90 Å². The molecule has 0 unspecified atom stereocenters. The molecule has 0 bridgehead atoms. The Morgan fingerprint density at radius 1 is 1.17 bits per heavy atom. The fourth-order valence-electron chi connectivity index (χ4n) is 4.60. The van der Waals surface area contributed by atoms with Crippen molar-refractivity contribution >= 4 is 5.97 Å². The Labute approximate surface area is 171 Å². The largest absolute Gasteiger partial charge is 0.488 e. The molecule has 0 radical (unpaired) electrons. The van der Waals surface area contributed by atoms with Crippen LogP contribution in [0, 0.1) is 11.8 Å². The molecule has 6 heteroatoms. The second-order valence-corrected chi connectivity index (χ2v) is 8.07. The number of ether oxygens (including phenoxy) is 2. The van der Waals surface area contributed by atoms with Gasteiger partial charge in [0.05, 0.1) is 18.8 Å². The number of aliphatic hydroxyl groups excluding tert-OH is 1. The third-order valence-corrected chi connectivity index (χ3v) is 6.11. The van der Waals surface area contributed by atoms with E-state index in [2.05, 4.69) is 16.0 Å². The number of hydrogen-bond donors (Lipinski definition) is 1. The van der Waals surface area contributed by atoms with Crippen LogP contribution in [-0.2, 0) is 11.2 Å². The van der Waals surface area contributed by atoms with Gasteiger partial charge in [-0.15, -0.1) is 0 Å². The molecule has 1 aliphatic heterocycles. The highest BCUT2D eigenvalue weighted by atomic mass is 16.5. The molecule has 1 saturated carbocycles. The van der Waals surface area contributed by atoms with E-state index in [1.54, 1.807) is 18.2 Å². The molecule has 2 heterocycles. The highest BCUT2D eigenvalue weighted by Crippen LogP contribution is 2.38. The topological polar surface area (TPSA) is 71.9 Å². The maximum Gasteiger partial charge on any atom is 0.337 e. The van der Waals surface area contributed by atoms with Crippen molar-refractivity contribution < 1.29 is 19.4 Å². The molecule has 1 aromatic carbocycles. The molecule has 1 aliphatic carbocycles. The zero-order valence-electron chi connectivity index (χ0n) is 16.7. The zero-order valence-corrected chi connectivity index (χ0v) is 16.7. The minimum absolute atomic E-state index is 0.250. The van der Waals surface area contributed by atoms with Crippen molar-refractivity contribution in [3.05, 3.63) is 59.9 Å². The van der Waals surface area contributed by atoms with E-state index in [1.807, 2.05) is 24.4 Å². The molecule has 2 aliphatic rings. The minimum Gasteiger partial charge on any atom is -0.488 e. The Kier molecular flexibility index (Phi) is 6.11. The van der Waals surface area contributed by atoms with E-state index in [4.69, 9.17) is 9.47 Å². The first kappa shape index (κ1) is 19.9. The van der Waals surface area contributed by atoms with E-state index in [0.717, 1.165) is 44.6 Å². The molecule has 6 nitrogen and oxygen atoms in total. The van der Waals surface area contributed by atoms with Crippen molar-refractivity contribution in [3.8, 4) is 5.75 Å². The number of esters is 1. The van der Waals surface area contributed by atoms with Crippen LogP contribution in [0.4, 0.5) is 0 Å². The summed E-state index contributed by atoms with van der Waals surface area (Å²) in [4.78, 5) is 18.6. The van der Waals surface area contributed by atoms with Crippen LogP contribution in [0.3, 0.4) is 0 Å². The van der Waals surface area contributed by atoms with Gasteiger partial charge < -0.3 is 19.5 Å². The third-order valence-electron chi connectivity index (χ3n) is 6.11. The van der Waals surface area contributed by atoms with Crippen LogP contribution in [0.5, 0.6) is 5.75 Å². The molecule has 2 aromatic rings. The SMILES string of the molecule is COC(=O)c1cccc(O[C@@H]2C[C@@H]3CN(CCc4ccccn4)C[C@@H]3C[C@H]2O)c1. The van der Waals surface area contributed by atoms with Crippen LogP contribution < -0.4 is 4.74 Å². The average Bonchev–Trinajstić information content (AvgIpc) is 3.14. The molecule has 2 fully saturated rings. The van der Waals surface area contributed by atoms with Gasteiger partial charge in [-0.25, -0.2) is 4.79 Å². The fourth-order valence-corrected chi connectivity index (χ4v) is 4.60. The van der Waals surface area contributed by atoms with Crippen LogP contribution in [0.15, 0.2) is 48.7 Å². The van der Waals surface area contributed by atoms with Crippen LogP contribution in [0.1, 0.15) is 28.9 Å². The van der Waals surface area contributed by atoms with Gasteiger partial charge in [-0.1, -0.05) is 12.1 Å². The maximum atomic E-state index is 11.7. The monoisotopic (exact) mass is 396 g/mol. The highest BCUT2D eigenvalue weighted by Gasteiger charge is 2.42. The summed E-state index contributed by atoms with van der Waals surface area (Å²) in [7, 11) is 1.36. The van der Waals surface area contributed by atoms with Crippen molar-refractivity contribution in [2.75, 3.05) is 26.7 Å². The number of likely N-dealkylation sites (tertiary alicyclic amines) is 1. The number of carbonyl (C=O) groups is 1. The smallest absolute Gasteiger partial charge is 0.337 e. The Morgan fingerprint density at radius 2 is 2.00 bits per heavy atom. The number of methoxy groups -OCH3 is 1. The van der Waals surface area contributed by atoms with E-state index in [1.165, 1.54) is 7.11 Å². The third kappa shape index (κ3) is 4.77. The minimum atomic E-state index is -0.492. The lowest BCUT2D eigenvalue weighted by atomic mass is 9.78. The molecule has 154 valence electrons. The lowest BCUT2D eigenvalue weighted by Gasteiger charge is -2.35. The number of aromatic nitrogens is 1. The molecule has 29 heavy (non-hydrogen) atoms. The highest BCUT2D eigenvalue weighted by molar-refractivity contribution is 5.89. The van der Waals surface area contributed by atoms with Gasteiger partial charge in [0.2, 0.25) is 0 Å². The molecular formula is C23H28N2O4. The van der Waals surface area contributed by atoms with Crippen molar-refractivity contribution in [3.63, 3.8) is 0 Å². The first-order valence-corrected chi connectivity index (χ1v) is 10.3. The summed E-state index contributed by atoms with van der Waals surface area (Å²) >= 11 is 0. The zero-order chi connectivity index (χ0) is 20.2. The number of hydrogen-bond acceptors (Lipinski definition) is 6. The molecule has 0 amide bonds. The number of nitrogens with zero attached hydrogens (tertiary/aromatic N) is 2. The van der Waals surface area contributed by atoms with Crippen LogP contribution in [0.2, 0.25) is 0 Å². The number of fused-ring (bicyclic) bond motifs is 1. The second kappa shape index (κ2) is 8.93. The summed E-state index contributed by atoms with van der Waals surface area (Å²) in [5.74, 6) is 1.24. The molecule has 4 rings (SSSR count). The summed E-state index contributed by atoms with van der Waals surface area (Å²) < 4.78 is 10.9. The lowest BCUT2D eigenvalue weighted by molar-refractivity contribution is -0.0231. The van der Waals surface area contributed by atoms with Gasteiger partial charge in [-0.05, 0) is 55.0 Å². The number of rotatable bonds is 6. The van der Waals surface area contributed by atoms with Crippen LogP contribution >= 0.6 is 0 Å². The van der Waals surface area contributed by atoms with Gasteiger partial charge in [0.1, 0.15) is 11.9 Å². The van der Waals surface area contributed by atoms with E-state index in [0.29, 0.717) is 23.1 Å². The Morgan fingerprint density at radius 3 is 2.76 bits per heavy atom. The number of carbonyl (C=O) groups excluding carboxylic acids is 1. The van der Waals surface area contributed by atoms with Gasteiger partial charge in [0.15, 0.2) is 0 Å². The Hall–Kier alpha value is -2.44. The number of benzene rings is 1. The van der Waals surface area contributed by atoms with E-state index >= 15 is 0 Å². The molecule has 1 N–H and O–H groups in total. The predicted octanol–water partition coefficient (Wildman–Crippen LogP) is 2.56. The standard InChI is InChI=1S/C23H28N2O4/c1-28-23(27)16-5-4-7-20(11-16)29-22-13-18-15-25(14-17(18)12-21(22)26)10-8-19-6-2-3-9-24-19/h2-7,9,11,17-18,21-22,26H,8,10,12-15H2,1H3/t17-,18+,21+,22+/m0/s1. The fraction of sp³-hybridized carbons (Fsp3) is 0.478. The second-order valence-electron chi connectivity index (χ2n) is 8.07. The predicted molar refractivity (Wildman–Crippen MR) is 109 cm³/mol. The molecular weight excluding hydrogens is 368 g/mol. The molecule has 0 spiro atoms. The van der Waals surface area contributed by atoms with E-state index in [-0.39, 0.29) is 12.1 Å². The quantitative estimate of drug-likeness (QED) is 0.757. The Bertz CT molecular complexity index is 829. The first-order valence-electron chi connectivity index (χ1n) is 10.3. The van der Waals surface area contributed by atoms with Crippen molar-refractivity contribution in [2.24, 2.45) is 11.8 Å². The number of aliphatic hydroxyl groups is 1. The summed E-state index contributed by atoms with van der Waals surface area (Å²) in [6.45, 7) is 3.05. The van der Waals surface area contributed by atoms with Crippen LogP contribution in [0.25, 0.3) is 0 Å². The lowest BCUT2D eigenvalue weighted by Crippen LogP contribution is -2.42. The maximum absolute atomic E-state index is 11.7. The molecule has 1 saturated heterocycles. The summed E-state index contributed by atoms with van der Waals surface area (Å²) in [6, 6.07) is 13.0. The van der Waals surface area contributed by atoms with Gasteiger partial charge in [-0.3, -0.25) is 4.98 Å². The van der Waals surface area contributed by atoms with Gasteiger partial charge in [0, 0.05) is 37.9 Å².